The molecule has 0 bridgehead atoms. The van der Waals surface area contributed by atoms with Crippen LogP contribution < -0.4 is 0 Å². The first-order valence-electron chi connectivity index (χ1n) is 4.30. The van der Waals surface area contributed by atoms with E-state index in [1.807, 2.05) is 25.1 Å². The Hall–Kier alpha value is -1.09. The van der Waals surface area contributed by atoms with Crippen molar-refractivity contribution in [2.45, 2.75) is 20.3 Å². The van der Waals surface area contributed by atoms with Crippen molar-refractivity contribution in [2.24, 2.45) is 0 Å². The average molecular weight is 216 g/mol. The number of pyridine rings is 1. The lowest BCUT2D eigenvalue weighted by Gasteiger charge is -2.01. The van der Waals surface area contributed by atoms with Gasteiger partial charge in [0, 0.05) is 5.69 Å². The monoisotopic (exact) mass is 215 g/mol. The predicted molar refractivity (Wildman–Crippen MR) is 56.6 cm³/mol. The van der Waals surface area contributed by atoms with E-state index >= 15 is 0 Å². The standard InChI is InChI=1S/C10H13NO2.ClH/c1-3-13-10(12)7-9-6-4-5-8(2)11-9;/h4-6H,3,7H2,1-2H3;1H. The quantitative estimate of drug-likeness (QED) is 0.724. The molecule has 1 rings (SSSR count). The number of rotatable bonds is 3. The van der Waals surface area contributed by atoms with Crippen molar-refractivity contribution in [1.29, 1.82) is 0 Å². The Labute approximate surface area is 89.9 Å². The lowest BCUT2D eigenvalue weighted by molar-refractivity contribution is -0.142. The Bertz CT molecular complexity index is 302. The number of carbonyl (C=O) groups excluding carboxylic acids is 1. The molecule has 0 aliphatic heterocycles. The van der Waals surface area contributed by atoms with Gasteiger partial charge in [0.05, 0.1) is 18.7 Å². The van der Waals surface area contributed by atoms with E-state index in [0.717, 1.165) is 11.4 Å². The molecule has 1 aromatic heterocycles. The molecule has 14 heavy (non-hydrogen) atoms. The lowest BCUT2D eigenvalue weighted by Crippen LogP contribution is -2.08. The van der Waals surface area contributed by atoms with Crippen LogP contribution in [0.1, 0.15) is 18.3 Å². The van der Waals surface area contributed by atoms with Crippen LogP contribution in [0.25, 0.3) is 0 Å². The second-order valence-corrected chi connectivity index (χ2v) is 2.75. The molecule has 0 unspecified atom stereocenters. The summed E-state index contributed by atoms with van der Waals surface area (Å²) >= 11 is 0. The van der Waals surface area contributed by atoms with E-state index in [2.05, 4.69) is 4.98 Å². The molecule has 0 saturated heterocycles. The molecule has 0 radical (unpaired) electrons. The first-order valence-corrected chi connectivity index (χ1v) is 4.30. The molecule has 3 nitrogen and oxygen atoms in total. The van der Waals surface area contributed by atoms with E-state index < -0.39 is 0 Å². The molecule has 0 fully saturated rings. The van der Waals surface area contributed by atoms with Crippen LogP contribution in [0.4, 0.5) is 0 Å². The highest BCUT2D eigenvalue weighted by molar-refractivity contribution is 5.85. The molecule has 0 spiro atoms. The molecule has 0 saturated carbocycles. The van der Waals surface area contributed by atoms with E-state index in [4.69, 9.17) is 4.74 Å². The first-order chi connectivity index (χ1) is 6.22. The van der Waals surface area contributed by atoms with Gasteiger partial charge in [0.25, 0.3) is 0 Å². The maximum atomic E-state index is 11.1. The molecule has 1 aromatic rings. The Kier molecular flexibility index (Phi) is 5.88. The Morgan fingerprint density at radius 1 is 1.50 bits per heavy atom. The van der Waals surface area contributed by atoms with Crippen LogP contribution in [-0.2, 0) is 16.0 Å². The number of nitrogens with zero attached hydrogens (tertiary/aromatic N) is 1. The summed E-state index contributed by atoms with van der Waals surface area (Å²) in [5, 5.41) is 0. The van der Waals surface area contributed by atoms with Crippen LogP contribution in [0, 0.1) is 6.92 Å². The molecule has 0 N–H and O–H groups in total. The summed E-state index contributed by atoms with van der Waals surface area (Å²) in [6.07, 6.45) is 0.259. The number of halogens is 1. The fourth-order valence-corrected chi connectivity index (χ4v) is 1.06. The van der Waals surface area contributed by atoms with Gasteiger partial charge in [0.1, 0.15) is 0 Å². The van der Waals surface area contributed by atoms with E-state index in [9.17, 15) is 4.79 Å². The SMILES string of the molecule is CCOC(=O)Cc1cccc(C)n1.Cl. The molecule has 0 aromatic carbocycles. The summed E-state index contributed by atoms with van der Waals surface area (Å²) < 4.78 is 4.81. The number of hydrogen-bond acceptors (Lipinski definition) is 3. The first kappa shape index (κ1) is 12.9. The third kappa shape index (κ3) is 4.23. The highest BCUT2D eigenvalue weighted by Gasteiger charge is 2.04. The van der Waals surface area contributed by atoms with Gasteiger partial charge in [-0.1, -0.05) is 6.07 Å². The van der Waals surface area contributed by atoms with Crippen LogP contribution >= 0.6 is 12.4 Å². The minimum Gasteiger partial charge on any atom is -0.466 e. The van der Waals surface area contributed by atoms with Gasteiger partial charge in [-0.15, -0.1) is 12.4 Å². The minimum atomic E-state index is -0.222. The lowest BCUT2D eigenvalue weighted by atomic mass is 10.2. The maximum Gasteiger partial charge on any atom is 0.311 e. The number of ether oxygens (including phenoxy) is 1. The largest absolute Gasteiger partial charge is 0.466 e. The molecule has 0 amide bonds. The van der Waals surface area contributed by atoms with Gasteiger partial charge >= 0.3 is 5.97 Å². The molecule has 0 aliphatic carbocycles. The van der Waals surface area contributed by atoms with Crippen LogP contribution in [0.3, 0.4) is 0 Å². The molecular formula is C10H14ClNO2. The number of hydrogen-bond donors (Lipinski definition) is 0. The maximum absolute atomic E-state index is 11.1. The summed E-state index contributed by atoms with van der Waals surface area (Å²) in [5.41, 5.74) is 1.68. The van der Waals surface area contributed by atoms with Crippen molar-refractivity contribution in [3.05, 3.63) is 29.6 Å². The van der Waals surface area contributed by atoms with E-state index in [1.54, 1.807) is 6.92 Å². The van der Waals surface area contributed by atoms with Crippen molar-refractivity contribution < 1.29 is 9.53 Å². The van der Waals surface area contributed by atoms with Gasteiger partial charge in [0.2, 0.25) is 0 Å². The Morgan fingerprint density at radius 2 is 2.21 bits per heavy atom. The normalized spacial score (nSPS) is 9.00. The summed E-state index contributed by atoms with van der Waals surface area (Å²) in [4.78, 5) is 15.3. The molecule has 78 valence electrons. The van der Waals surface area contributed by atoms with E-state index in [-0.39, 0.29) is 24.8 Å². The average Bonchev–Trinajstić information content (AvgIpc) is 2.04. The van der Waals surface area contributed by atoms with Gasteiger partial charge in [-0.3, -0.25) is 9.78 Å². The zero-order valence-corrected chi connectivity index (χ0v) is 9.13. The highest BCUT2D eigenvalue weighted by Crippen LogP contribution is 1.99. The topological polar surface area (TPSA) is 39.2 Å². The summed E-state index contributed by atoms with van der Waals surface area (Å²) in [5.74, 6) is -0.222. The molecule has 4 heteroatoms. The summed E-state index contributed by atoms with van der Waals surface area (Å²) in [6, 6.07) is 5.61. The number of carbonyl (C=O) groups is 1. The zero-order chi connectivity index (χ0) is 9.68. The summed E-state index contributed by atoms with van der Waals surface area (Å²) in [6.45, 7) is 4.11. The molecule has 1 heterocycles. The van der Waals surface area contributed by atoms with Crippen molar-refractivity contribution >= 4 is 18.4 Å². The third-order valence-electron chi connectivity index (χ3n) is 1.58. The second-order valence-electron chi connectivity index (χ2n) is 2.75. The van der Waals surface area contributed by atoms with Gasteiger partial charge in [-0.2, -0.15) is 0 Å². The fraction of sp³-hybridized carbons (Fsp3) is 0.400. The fourth-order valence-electron chi connectivity index (χ4n) is 1.06. The molecule has 0 aliphatic rings. The van der Waals surface area contributed by atoms with Crippen molar-refractivity contribution in [1.82, 2.24) is 4.98 Å². The number of aromatic nitrogens is 1. The van der Waals surface area contributed by atoms with Gasteiger partial charge < -0.3 is 4.74 Å². The Morgan fingerprint density at radius 3 is 2.79 bits per heavy atom. The van der Waals surface area contributed by atoms with Gasteiger partial charge in [0.15, 0.2) is 0 Å². The third-order valence-corrected chi connectivity index (χ3v) is 1.58. The van der Waals surface area contributed by atoms with E-state index in [0.29, 0.717) is 6.61 Å². The molecular weight excluding hydrogens is 202 g/mol. The van der Waals surface area contributed by atoms with Gasteiger partial charge in [-0.05, 0) is 26.0 Å². The predicted octanol–water partition coefficient (Wildman–Crippen LogP) is 1.92. The van der Waals surface area contributed by atoms with Crippen LogP contribution in [0.15, 0.2) is 18.2 Å². The van der Waals surface area contributed by atoms with Crippen LogP contribution in [0.2, 0.25) is 0 Å². The number of aryl methyl sites for hydroxylation is 1. The van der Waals surface area contributed by atoms with Crippen molar-refractivity contribution in [3.8, 4) is 0 Å². The van der Waals surface area contributed by atoms with E-state index in [1.165, 1.54) is 0 Å². The Balaban J connectivity index is 0.00000169. The van der Waals surface area contributed by atoms with Gasteiger partial charge in [-0.25, -0.2) is 0 Å². The highest BCUT2D eigenvalue weighted by atomic mass is 35.5. The zero-order valence-electron chi connectivity index (χ0n) is 8.32. The van der Waals surface area contributed by atoms with Crippen LogP contribution in [-0.4, -0.2) is 17.6 Å². The van der Waals surface area contributed by atoms with Crippen LogP contribution in [0.5, 0.6) is 0 Å². The minimum absolute atomic E-state index is 0. The number of esters is 1. The second kappa shape index (κ2) is 6.38. The van der Waals surface area contributed by atoms with Crippen molar-refractivity contribution in [2.75, 3.05) is 6.61 Å². The smallest absolute Gasteiger partial charge is 0.311 e. The summed E-state index contributed by atoms with van der Waals surface area (Å²) in [7, 11) is 0. The van der Waals surface area contributed by atoms with Crippen molar-refractivity contribution in [3.63, 3.8) is 0 Å². The molecule has 0 atom stereocenters.